The quantitative estimate of drug-likeness (QED) is 0.777. The second kappa shape index (κ2) is 4.88. The molecule has 5 heteroatoms. The summed E-state index contributed by atoms with van der Waals surface area (Å²) in [4.78, 5) is 5.49. The van der Waals surface area contributed by atoms with E-state index in [2.05, 4.69) is 27.6 Å². The van der Waals surface area contributed by atoms with Crippen molar-refractivity contribution in [2.45, 2.75) is 12.8 Å². The third-order valence-corrected chi connectivity index (χ3v) is 3.66. The normalized spacial score (nSPS) is 11.2. The number of aromatic nitrogens is 3. The minimum absolute atomic E-state index is 0.639. The molecule has 3 aromatic rings. The predicted octanol–water partition coefficient (Wildman–Crippen LogP) is 1.88. The molecule has 0 unspecified atom stereocenters. The highest BCUT2D eigenvalue weighted by molar-refractivity contribution is 7.15. The number of rotatable bonds is 4. The Balaban J connectivity index is 1.89. The second-order valence-electron chi connectivity index (χ2n) is 4.15. The van der Waals surface area contributed by atoms with Crippen molar-refractivity contribution >= 4 is 16.3 Å². The monoisotopic (exact) mass is 258 g/mol. The molecule has 0 saturated heterocycles. The first kappa shape index (κ1) is 11.4. The van der Waals surface area contributed by atoms with Crippen LogP contribution >= 0.6 is 11.3 Å². The van der Waals surface area contributed by atoms with Crippen molar-refractivity contribution in [3.05, 3.63) is 52.8 Å². The summed E-state index contributed by atoms with van der Waals surface area (Å²) in [6.07, 6.45) is 1.62. The maximum Gasteiger partial charge on any atom is 0.212 e. The standard InChI is InChI=1S/C13H14N4S/c14-7-6-11-9-18-13-15-12(16-17(11)13)8-10-4-2-1-3-5-10/h1-5,9H,6-8,14H2. The first-order valence-corrected chi connectivity index (χ1v) is 6.81. The number of benzene rings is 1. The van der Waals surface area contributed by atoms with Crippen LogP contribution in [-0.2, 0) is 12.8 Å². The van der Waals surface area contributed by atoms with Gasteiger partial charge in [0.1, 0.15) is 0 Å². The number of hydrogen-bond donors (Lipinski definition) is 1. The summed E-state index contributed by atoms with van der Waals surface area (Å²) in [7, 11) is 0. The number of fused-ring (bicyclic) bond motifs is 1. The van der Waals surface area contributed by atoms with Crippen molar-refractivity contribution < 1.29 is 0 Å². The first-order chi connectivity index (χ1) is 8.86. The molecule has 2 aromatic heterocycles. The Morgan fingerprint density at radius 2 is 2.06 bits per heavy atom. The van der Waals surface area contributed by atoms with Gasteiger partial charge >= 0.3 is 0 Å². The van der Waals surface area contributed by atoms with E-state index in [9.17, 15) is 0 Å². The maximum absolute atomic E-state index is 5.58. The fraction of sp³-hybridized carbons (Fsp3) is 0.231. The van der Waals surface area contributed by atoms with Crippen LogP contribution in [0.3, 0.4) is 0 Å². The lowest BCUT2D eigenvalue weighted by Crippen LogP contribution is -2.05. The molecule has 0 aliphatic rings. The Kier molecular flexibility index (Phi) is 3.08. The second-order valence-corrected chi connectivity index (χ2v) is 4.99. The molecule has 0 saturated carbocycles. The maximum atomic E-state index is 5.58. The van der Waals surface area contributed by atoms with Crippen LogP contribution in [0.5, 0.6) is 0 Å². The third-order valence-electron chi connectivity index (χ3n) is 2.80. The summed E-state index contributed by atoms with van der Waals surface area (Å²) in [5.41, 5.74) is 7.96. The number of nitrogens with zero attached hydrogens (tertiary/aromatic N) is 3. The lowest BCUT2D eigenvalue weighted by molar-refractivity contribution is 0.821. The molecule has 0 radical (unpaired) electrons. The van der Waals surface area contributed by atoms with E-state index in [1.807, 2.05) is 22.7 Å². The Hall–Kier alpha value is -1.72. The van der Waals surface area contributed by atoms with Crippen LogP contribution in [0.25, 0.3) is 4.96 Å². The molecule has 0 spiro atoms. The largest absolute Gasteiger partial charge is 0.330 e. The van der Waals surface area contributed by atoms with Gasteiger partial charge in [0.05, 0.1) is 5.69 Å². The first-order valence-electron chi connectivity index (χ1n) is 5.93. The van der Waals surface area contributed by atoms with Crippen molar-refractivity contribution in [1.29, 1.82) is 0 Å². The van der Waals surface area contributed by atoms with Gasteiger partial charge < -0.3 is 5.73 Å². The lowest BCUT2D eigenvalue weighted by Gasteiger charge is -1.96. The van der Waals surface area contributed by atoms with Gasteiger partial charge in [0, 0.05) is 18.2 Å². The van der Waals surface area contributed by atoms with Gasteiger partial charge in [-0.2, -0.15) is 0 Å². The zero-order valence-corrected chi connectivity index (χ0v) is 10.7. The molecule has 2 N–H and O–H groups in total. The van der Waals surface area contributed by atoms with E-state index in [-0.39, 0.29) is 0 Å². The minimum Gasteiger partial charge on any atom is -0.330 e. The third kappa shape index (κ3) is 2.14. The molecule has 3 rings (SSSR count). The van der Waals surface area contributed by atoms with Gasteiger partial charge in [0.2, 0.25) is 4.96 Å². The smallest absolute Gasteiger partial charge is 0.212 e. The molecule has 0 aliphatic heterocycles. The fourth-order valence-electron chi connectivity index (χ4n) is 1.94. The van der Waals surface area contributed by atoms with Gasteiger partial charge in [-0.3, -0.25) is 0 Å². The summed E-state index contributed by atoms with van der Waals surface area (Å²) in [5.74, 6) is 0.867. The Bertz CT molecular complexity index is 641. The van der Waals surface area contributed by atoms with Gasteiger partial charge in [-0.25, -0.2) is 9.50 Å². The minimum atomic E-state index is 0.639. The zero-order valence-electron chi connectivity index (χ0n) is 9.91. The Morgan fingerprint density at radius 1 is 1.22 bits per heavy atom. The molecule has 1 aromatic carbocycles. The Labute approximate surface area is 109 Å². The van der Waals surface area contributed by atoms with E-state index in [0.717, 1.165) is 29.3 Å². The van der Waals surface area contributed by atoms with Crippen molar-refractivity contribution in [3.63, 3.8) is 0 Å². The van der Waals surface area contributed by atoms with Crippen molar-refractivity contribution in [1.82, 2.24) is 14.6 Å². The van der Waals surface area contributed by atoms with E-state index in [1.165, 1.54) is 5.56 Å². The van der Waals surface area contributed by atoms with Gasteiger partial charge in [0.15, 0.2) is 5.82 Å². The average Bonchev–Trinajstić information content (AvgIpc) is 2.93. The van der Waals surface area contributed by atoms with Crippen molar-refractivity contribution in [3.8, 4) is 0 Å². The molecule has 92 valence electrons. The predicted molar refractivity (Wildman–Crippen MR) is 72.9 cm³/mol. The van der Waals surface area contributed by atoms with Gasteiger partial charge in [0.25, 0.3) is 0 Å². The Morgan fingerprint density at radius 3 is 2.83 bits per heavy atom. The summed E-state index contributed by atoms with van der Waals surface area (Å²) in [5, 5.41) is 6.62. The molecule has 0 bridgehead atoms. The van der Waals surface area contributed by atoms with Crippen LogP contribution in [0.15, 0.2) is 35.7 Å². The molecule has 0 atom stereocenters. The highest BCUT2D eigenvalue weighted by atomic mass is 32.1. The van der Waals surface area contributed by atoms with E-state index in [1.54, 1.807) is 11.3 Å². The van der Waals surface area contributed by atoms with Gasteiger partial charge in [-0.15, -0.1) is 16.4 Å². The van der Waals surface area contributed by atoms with E-state index >= 15 is 0 Å². The van der Waals surface area contributed by atoms with Crippen molar-refractivity contribution in [2.75, 3.05) is 6.54 Å². The zero-order chi connectivity index (χ0) is 12.4. The topological polar surface area (TPSA) is 56.2 Å². The van der Waals surface area contributed by atoms with Crippen LogP contribution in [0.4, 0.5) is 0 Å². The molecule has 18 heavy (non-hydrogen) atoms. The van der Waals surface area contributed by atoms with E-state index in [0.29, 0.717) is 6.54 Å². The van der Waals surface area contributed by atoms with Crippen LogP contribution < -0.4 is 5.73 Å². The van der Waals surface area contributed by atoms with Crippen LogP contribution in [0, 0.1) is 0 Å². The highest BCUT2D eigenvalue weighted by Gasteiger charge is 2.09. The summed E-state index contributed by atoms with van der Waals surface area (Å²) < 4.78 is 1.91. The van der Waals surface area contributed by atoms with Gasteiger partial charge in [-0.1, -0.05) is 30.3 Å². The molecule has 2 heterocycles. The SMILES string of the molecule is NCCc1csc2nc(Cc3ccccc3)nn12. The summed E-state index contributed by atoms with van der Waals surface area (Å²) in [6.45, 7) is 0.639. The van der Waals surface area contributed by atoms with Crippen LogP contribution in [0.1, 0.15) is 17.1 Å². The van der Waals surface area contributed by atoms with E-state index < -0.39 is 0 Å². The number of nitrogens with two attached hydrogens (primary N) is 1. The van der Waals surface area contributed by atoms with E-state index in [4.69, 9.17) is 5.73 Å². The highest BCUT2D eigenvalue weighted by Crippen LogP contribution is 2.16. The lowest BCUT2D eigenvalue weighted by atomic mass is 10.1. The molecule has 0 aliphatic carbocycles. The van der Waals surface area contributed by atoms with Crippen LogP contribution in [-0.4, -0.2) is 21.1 Å². The summed E-state index contributed by atoms with van der Waals surface area (Å²) in [6, 6.07) is 10.3. The molecular formula is C13H14N4S. The number of hydrogen-bond acceptors (Lipinski definition) is 4. The van der Waals surface area contributed by atoms with Gasteiger partial charge in [-0.05, 0) is 12.1 Å². The molecule has 0 amide bonds. The summed E-state index contributed by atoms with van der Waals surface area (Å²) >= 11 is 1.62. The fourth-order valence-corrected chi connectivity index (χ4v) is 2.81. The van der Waals surface area contributed by atoms with Crippen molar-refractivity contribution in [2.24, 2.45) is 5.73 Å². The molecular weight excluding hydrogens is 244 g/mol. The van der Waals surface area contributed by atoms with Crippen LogP contribution in [0.2, 0.25) is 0 Å². The average molecular weight is 258 g/mol. The number of thiazole rings is 1. The molecule has 4 nitrogen and oxygen atoms in total. The molecule has 0 fully saturated rings.